The molecule has 0 saturated carbocycles. The number of rotatable bonds is 4. The zero-order chi connectivity index (χ0) is 14.8. The monoisotopic (exact) mass is 333 g/mol. The summed E-state index contributed by atoms with van der Waals surface area (Å²) in [5, 5.41) is 3.40. The molecular weight excluding hydrogens is 306 g/mol. The summed E-state index contributed by atoms with van der Waals surface area (Å²) >= 11 is 1.77. The molecular formula is C15H28ClN3OS. The number of likely N-dealkylation sites (tertiary alicyclic amines) is 1. The van der Waals surface area contributed by atoms with Crippen molar-refractivity contribution in [3.05, 3.63) is 16.1 Å². The van der Waals surface area contributed by atoms with Gasteiger partial charge < -0.3 is 10.5 Å². The van der Waals surface area contributed by atoms with Gasteiger partial charge in [0.1, 0.15) is 0 Å². The van der Waals surface area contributed by atoms with Crippen LogP contribution in [0.4, 0.5) is 0 Å². The number of nitrogens with two attached hydrogens (primary N) is 1. The topological polar surface area (TPSA) is 51.4 Å². The van der Waals surface area contributed by atoms with Crippen molar-refractivity contribution in [2.45, 2.75) is 57.7 Å². The number of halogens is 1. The highest BCUT2D eigenvalue weighted by Crippen LogP contribution is 2.27. The Balaban J connectivity index is 0.00000220. The van der Waals surface area contributed by atoms with Crippen LogP contribution in [0.2, 0.25) is 0 Å². The van der Waals surface area contributed by atoms with Gasteiger partial charge >= 0.3 is 0 Å². The van der Waals surface area contributed by atoms with Crippen LogP contribution in [0.15, 0.2) is 5.38 Å². The van der Waals surface area contributed by atoms with Crippen LogP contribution in [-0.2, 0) is 16.7 Å². The van der Waals surface area contributed by atoms with Gasteiger partial charge in [0.2, 0.25) is 0 Å². The van der Waals surface area contributed by atoms with Crippen LogP contribution in [-0.4, -0.2) is 42.2 Å². The largest absolute Gasteiger partial charge is 0.381 e. The molecule has 21 heavy (non-hydrogen) atoms. The maximum atomic E-state index is 5.92. The van der Waals surface area contributed by atoms with Gasteiger partial charge in [-0.2, -0.15) is 0 Å². The summed E-state index contributed by atoms with van der Waals surface area (Å²) in [5.41, 5.74) is 7.24. The first-order chi connectivity index (χ1) is 9.44. The zero-order valence-electron chi connectivity index (χ0n) is 13.5. The summed E-state index contributed by atoms with van der Waals surface area (Å²) in [6, 6.07) is 0.411. The minimum absolute atomic E-state index is 0. The molecule has 1 fully saturated rings. The third kappa shape index (κ3) is 4.89. The summed E-state index contributed by atoms with van der Waals surface area (Å²) in [7, 11) is 1.80. The Kier molecular flexibility index (Phi) is 7.07. The second-order valence-electron chi connectivity index (χ2n) is 6.64. The molecule has 1 saturated heterocycles. The molecule has 1 aromatic heterocycles. The van der Waals surface area contributed by atoms with E-state index in [1.54, 1.807) is 18.4 Å². The van der Waals surface area contributed by atoms with Crippen molar-refractivity contribution in [3.8, 4) is 0 Å². The molecule has 2 heterocycles. The van der Waals surface area contributed by atoms with Gasteiger partial charge in [0.15, 0.2) is 0 Å². The van der Waals surface area contributed by atoms with E-state index in [1.807, 2.05) is 0 Å². The van der Waals surface area contributed by atoms with Crippen LogP contribution in [0.1, 0.15) is 44.3 Å². The van der Waals surface area contributed by atoms with Gasteiger partial charge in [-0.25, -0.2) is 4.98 Å². The Morgan fingerprint density at radius 2 is 2.19 bits per heavy atom. The summed E-state index contributed by atoms with van der Waals surface area (Å²) in [6.45, 7) is 9.27. The Hall–Kier alpha value is -0.200. The van der Waals surface area contributed by atoms with Crippen LogP contribution in [0.5, 0.6) is 0 Å². The first-order valence-corrected chi connectivity index (χ1v) is 8.23. The Morgan fingerprint density at radius 1 is 1.48 bits per heavy atom. The standard InChI is InChI=1S/C15H27N3OS.ClH/c1-15(2,3)14-17-11(10-20-14)9-18-6-5-13(19-4)7-12(18)8-16;/h10,12-13H,5-9,16H2,1-4H3;1H. The van der Waals surface area contributed by atoms with E-state index in [0.29, 0.717) is 18.7 Å². The number of nitrogens with zero attached hydrogens (tertiary/aromatic N) is 2. The van der Waals surface area contributed by atoms with Gasteiger partial charge in [-0.15, -0.1) is 23.7 Å². The average Bonchev–Trinajstić information content (AvgIpc) is 2.87. The molecule has 2 rings (SSSR count). The molecule has 0 aliphatic carbocycles. The minimum atomic E-state index is 0. The SMILES string of the molecule is COC1CCN(Cc2csc(C(C)(C)C)n2)C(CN)C1.Cl. The van der Waals surface area contributed by atoms with Crippen molar-refractivity contribution in [3.63, 3.8) is 0 Å². The molecule has 4 nitrogen and oxygen atoms in total. The van der Waals surface area contributed by atoms with Crippen molar-refractivity contribution in [1.82, 2.24) is 9.88 Å². The van der Waals surface area contributed by atoms with Gasteiger partial charge in [-0.3, -0.25) is 4.90 Å². The lowest BCUT2D eigenvalue weighted by Gasteiger charge is -2.38. The Morgan fingerprint density at radius 3 is 2.71 bits per heavy atom. The fourth-order valence-electron chi connectivity index (χ4n) is 2.66. The second kappa shape index (κ2) is 7.88. The second-order valence-corrected chi connectivity index (χ2v) is 7.49. The van der Waals surface area contributed by atoms with E-state index < -0.39 is 0 Å². The molecule has 2 atom stereocenters. The summed E-state index contributed by atoms with van der Waals surface area (Å²) in [5.74, 6) is 0. The van der Waals surface area contributed by atoms with Crippen LogP contribution >= 0.6 is 23.7 Å². The van der Waals surface area contributed by atoms with E-state index in [0.717, 1.165) is 25.9 Å². The number of hydrogen-bond donors (Lipinski definition) is 1. The number of aromatic nitrogens is 1. The maximum Gasteiger partial charge on any atom is 0.0982 e. The molecule has 0 spiro atoms. The highest BCUT2D eigenvalue weighted by atomic mass is 35.5. The quantitative estimate of drug-likeness (QED) is 0.920. The lowest BCUT2D eigenvalue weighted by atomic mass is 9.98. The van der Waals surface area contributed by atoms with Crippen LogP contribution in [0.3, 0.4) is 0 Å². The number of piperidine rings is 1. The lowest BCUT2D eigenvalue weighted by Crippen LogP contribution is -2.48. The maximum absolute atomic E-state index is 5.92. The normalized spacial score (nSPS) is 23.9. The highest BCUT2D eigenvalue weighted by Gasteiger charge is 2.28. The first kappa shape index (κ1) is 18.8. The third-order valence-electron chi connectivity index (χ3n) is 3.95. The lowest BCUT2D eigenvalue weighted by molar-refractivity contribution is 0.00982. The predicted octanol–water partition coefficient (Wildman–Crippen LogP) is 2.80. The zero-order valence-corrected chi connectivity index (χ0v) is 15.1. The summed E-state index contributed by atoms with van der Waals surface area (Å²) in [6.07, 6.45) is 2.48. The van der Waals surface area contributed by atoms with Crippen molar-refractivity contribution in [1.29, 1.82) is 0 Å². The van der Waals surface area contributed by atoms with Crippen LogP contribution in [0, 0.1) is 0 Å². The number of hydrogen-bond acceptors (Lipinski definition) is 5. The molecule has 2 N–H and O–H groups in total. The van der Waals surface area contributed by atoms with Crippen molar-refractivity contribution >= 4 is 23.7 Å². The molecule has 0 amide bonds. The van der Waals surface area contributed by atoms with E-state index in [4.69, 9.17) is 15.5 Å². The Labute approximate surface area is 138 Å². The van der Waals surface area contributed by atoms with Crippen molar-refractivity contribution in [2.75, 3.05) is 20.2 Å². The smallest absolute Gasteiger partial charge is 0.0982 e. The minimum Gasteiger partial charge on any atom is -0.381 e. The van der Waals surface area contributed by atoms with Crippen molar-refractivity contribution < 1.29 is 4.74 Å². The van der Waals surface area contributed by atoms with Gasteiger partial charge in [0.05, 0.1) is 16.8 Å². The molecule has 1 aromatic rings. The number of ether oxygens (including phenoxy) is 1. The molecule has 1 aliphatic heterocycles. The van der Waals surface area contributed by atoms with Crippen LogP contribution < -0.4 is 5.73 Å². The van der Waals surface area contributed by atoms with Crippen molar-refractivity contribution in [2.24, 2.45) is 5.73 Å². The summed E-state index contributed by atoms with van der Waals surface area (Å²) in [4.78, 5) is 7.24. The van der Waals surface area contributed by atoms with E-state index in [9.17, 15) is 0 Å². The number of methoxy groups -OCH3 is 1. The fraction of sp³-hybridized carbons (Fsp3) is 0.800. The third-order valence-corrected chi connectivity index (χ3v) is 5.27. The number of thiazole rings is 1. The van der Waals surface area contributed by atoms with Gasteiger partial charge in [0, 0.05) is 43.6 Å². The van der Waals surface area contributed by atoms with E-state index in [1.165, 1.54) is 10.7 Å². The predicted molar refractivity (Wildman–Crippen MR) is 91.3 cm³/mol. The fourth-order valence-corrected chi connectivity index (χ4v) is 3.56. The van der Waals surface area contributed by atoms with E-state index in [-0.39, 0.29) is 17.8 Å². The molecule has 0 radical (unpaired) electrons. The highest BCUT2D eigenvalue weighted by molar-refractivity contribution is 7.09. The van der Waals surface area contributed by atoms with E-state index in [2.05, 4.69) is 31.1 Å². The van der Waals surface area contributed by atoms with Gasteiger partial charge in [-0.05, 0) is 12.8 Å². The molecule has 1 aliphatic rings. The summed E-state index contributed by atoms with van der Waals surface area (Å²) < 4.78 is 5.47. The molecule has 0 bridgehead atoms. The van der Waals surface area contributed by atoms with E-state index >= 15 is 0 Å². The van der Waals surface area contributed by atoms with Gasteiger partial charge in [-0.1, -0.05) is 20.8 Å². The molecule has 0 aromatic carbocycles. The molecule has 6 heteroatoms. The van der Waals surface area contributed by atoms with Crippen LogP contribution in [0.25, 0.3) is 0 Å². The molecule has 122 valence electrons. The van der Waals surface area contributed by atoms with Gasteiger partial charge in [0.25, 0.3) is 0 Å². The molecule has 2 unspecified atom stereocenters. The Bertz CT molecular complexity index is 433. The first-order valence-electron chi connectivity index (χ1n) is 7.36. The average molecular weight is 334 g/mol.